The van der Waals surface area contributed by atoms with Gasteiger partial charge in [0.05, 0.1) is 0 Å². The number of benzene rings is 1. The average molecular weight is 246 g/mol. The van der Waals surface area contributed by atoms with Crippen LogP contribution >= 0.6 is 11.3 Å². The van der Waals surface area contributed by atoms with Crippen LogP contribution in [0.2, 0.25) is 0 Å². The molecule has 2 atom stereocenters. The Morgan fingerprint density at radius 1 is 1.29 bits per heavy atom. The fourth-order valence-corrected chi connectivity index (χ4v) is 3.67. The Morgan fingerprint density at radius 2 is 2.18 bits per heavy atom. The summed E-state index contributed by atoms with van der Waals surface area (Å²) in [5, 5.41) is 7.11. The lowest BCUT2D eigenvalue weighted by atomic mass is 9.93. The number of hydrogen-bond donors (Lipinski definition) is 2. The summed E-state index contributed by atoms with van der Waals surface area (Å²) in [6.07, 6.45) is 3.78. The summed E-state index contributed by atoms with van der Waals surface area (Å²) in [5.41, 5.74) is 7.73. The van der Waals surface area contributed by atoms with Crippen LogP contribution in [0.1, 0.15) is 30.9 Å². The van der Waals surface area contributed by atoms with Gasteiger partial charge in [-0.2, -0.15) is 0 Å². The van der Waals surface area contributed by atoms with E-state index in [1.165, 1.54) is 34.9 Å². The zero-order chi connectivity index (χ0) is 11.7. The molecule has 0 aliphatic carbocycles. The summed E-state index contributed by atoms with van der Waals surface area (Å²) in [6, 6.07) is 9.12. The molecule has 3 N–H and O–H groups in total. The van der Waals surface area contributed by atoms with E-state index in [9.17, 15) is 0 Å². The molecule has 2 heterocycles. The quantitative estimate of drug-likeness (QED) is 0.854. The molecule has 1 aliphatic rings. The van der Waals surface area contributed by atoms with E-state index in [4.69, 9.17) is 5.73 Å². The number of nitrogens with one attached hydrogen (secondary N) is 1. The van der Waals surface area contributed by atoms with Gasteiger partial charge in [-0.15, -0.1) is 11.3 Å². The molecule has 2 unspecified atom stereocenters. The van der Waals surface area contributed by atoms with Gasteiger partial charge in [0.1, 0.15) is 0 Å². The molecular formula is C14H18N2S. The highest BCUT2D eigenvalue weighted by Crippen LogP contribution is 2.32. The second-order valence-electron chi connectivity index (χ2n) is 4.77. The molecular weight excluding hydrogens is 228 g/mol. The Morgan fingerprint density at radius 3 is 3.00 bits per heavy atom. The predicted molar refractivity (Wildman–Crippen MR) is 74.4 cm³/mol. The first-order chi connectivity index (χ1) is 8.36. The molecule has 90 valence electrons. The lowest BCUT2D eigenvalue weighted by molar-refractivity contribution is 0.355. The summed E-state index contributed by atoms with van der Waals surface area (Å²) in [7, 11) is 0. The van der Waals surface area contributed by atoms with E-state index in [0.29, 0.717) is 6.04 Å². The maximum Gasteiger partial charge on any atom is 0.0465 e. The van der Waals surface area contributed by atoms with Gasteiger partial charge >= 0.3 is 0 Å². The third kappa shape index (κ3) is 2.10. The molecule has 2 aromatic rings. The predicted octanol–water partition coefficient (Wildman–Crippen LogP) is 3.04. The number of thiophene rings is 1. The van der Waals surface area contributed by atoms with E-state index in [2.05, 4.69) is 35.0 Å². The minimum absolute atomic E-state index is 0.131. The van der Waals surface area contributed by atoms with Crippen LogP contribution in [0.3, 0.4) is 0 Å². The standard InChI is InChI=1S/C14H18N2S/c15-14(12-6-3-4-8-16-12)11-9-17-13-7-2-1-5-10(11)13/h1-2,5,7,9,12,14,16H,3-4,6,8,15H2. The minimum atomic E-state index is 0.131. The first-order valence-corrected chi connectivity index (χ1v) is 7.19. The fraction of sp³-hybridized carbons (Fsp3) is 0.429. The van der Waals surface area contributed by atoms with Gasteiger partial charge in [0, 0.05) is 16.8 Å². The maximum atomic E-state index is 6.42. The molecule has 1 aromatic carbocycles. The second-order valence-corrected chi connectivity index (χ2v) is 5.68. The van der Waals surface area contributed by atoms with Crippen LogP contribution < -0.4 is 11.1 Å². The molecule has 1 aromatic heterocycles. The van der Waals surface area contributed by atoms with Crippen LogP contribution in [0.5, 0.6) is 0 Å². The van der Waals surface area contributed by atoms with Gasteiger partial charge < -0.3 is 11.1 Å². The fourth-order valence-electron chi connectivity index (χ4n) is 2.66. The van der Waals surface area contributed by atoms with E-state index >= 15 is 0 Å². The molecule has 0 amide bonds. The van der Waals surface area contributed by atoms with E-state index in [0.717, 1.165) is 6.54 Å². The van der Waals surface area contributed by atoms with Gasteiger partial charge in [-0.25, -0.2) is 0 Å². The summed E-state index contributed by atoms with van der Waals surface area (Å²) in [4.78, 5) is 0. The van der Waals surface area contributed by atoms with Gasteiger partial charge in [0.15, 0.2) is 0 Å². The molecule has 1 fully saturated rings. The normalized spacial score (nSPS) is 22.8. The molecule has 3 rings (SSSR count). The van der Waals surface area contributed by atoms with Crippen molar-refractivity contribution >= 4 is 21.4 Å². The number of nitrogens with two attached hydrogens (primary N) is 1. The average Bonchev–Trinajstić information content (AvgIpc) is 2.83. The Labute approximate surface area is 106 Å². The zero-order valence-corrected chi connectivity index (χ0v) is 10.7. The van der Waals surface area contributed by atoms with Crippen molar-refractivity contribution in [1.82, 2.24) is 5.32 Å². The Balaban J connectivity index is 1.92. The molecule has 0 bridgehead atoms. The van der Waals surface area contributed by atoms with Crippen LogP contribution in [-0.4, -0.2) is 12.6 Å². The first-order valence-electron chi connectivity index (χ1n) is 6.31. The van der Waals surface area contributed by atoms with Gasteiger partial charge in [0.25, 0.3) is 0 Å². The van der Waals surface area contributed by atoms with Gasteiger partial charge in [-0.05, 0) is 41.8 Å². The summed E-state index contributed by atoms with van der Waals surface area (Å²) in [6.45, 7) is 1.11. The lowest BCUT2D eigenvalue weighted by Crippen LogP contribution is -2.42. The topological polar surface area (TPSA) is 38.0 Å². The van der Waals surface area contributed by atoms with Crippen molar-refractivity contribution in [2.45, 2.75) is 31.3 Å². The monoisotopic (exact) mass is 246 g/mol. The van der Waals surface area contributed by atoms with Crippen molar-refractivity contribution in [2.24, 2.45) is 5.73 Å². The van der Waals surface area contributed by atoms with Gasteiger partial charge in [0.2, 0.25) is 0 Å². The van der Waals surface area contributed by atoms with E-state index in [-0.39, 0.29) is 6.04 Å². The molecule has 0 spiro atoms. The minimum Gasteiger partial charge on any atom is -0.323 e. The van der Waals surface area contributed by atoms with E-state index in [1.54, 1.807) is 11.3 Å². The van der Waals surface area contributed by atoms with Crippen molar-refractivity contribution < 1.29 is 0 Å². The highest BCUT2D eigenvalue weighted by Gasteiger charge is 2.23. The molecule has 1 aliphatic heterocycles. The van der Waals surface area contributed by atoms with Crippen LogP contribution in [-0.2, 0) is 0 Å². The Hall–Kier alpha value is -0.900. The Bertz CT molecular complexity index is 500. The van der Waals surface area contributed by atoms with Crippen molar-refractivity contribution in [1.29, 1.82) is 0 Å². The summed E-state index contributed by atoms with van der Waals surface area (Å²) >= 11 is 1.80. The van der Waals surface area contributed by atoms with Crippen LogP contribution in [0.25, 0.3) is 10.1 Å². The molecule has 17 heavy (non-hydrogen) atoms. The van der Waals surface area contributed by atoms with Crippen LogP contribution in [0.15, 0.2) is 29.6 Å². The number of piperidine rings is 1. The van der Waals surface area contributed by atoms with Crippen molar-refractivity contribution in [2.75, 3.05) is 6.54 Å². The van der Waals surface area contributed by atoms with E-state index in [1.807, 2.05) is 0 Å². The SMILES string of the molecule is NC(c1csc2ccccc12)C1CCCCN1. The van der Waals surface area contributed by atoms with Crippen molar-refractivity contribution in [3.63, 3.8) is 0 Å². The van der Waals surface area contributed by atoms with Crippen LogP contribution in [0.4, 0.5) is 0 Å². The van der Waals surface area contributed by atoms with Crippen LogP contribution in [0, 0.1) is 0 Å². The molecule has 3 heteroatoms. The number of hydrogen-bond acceptors (Lipinski definition) is 3. The first kappa shape index (κ1) is 11.2. The molecule has 0 radical (unpaired) electrons. The van der Waals surface area contributed by atoms with Gasteiger partial charge in [-0.3, -0.25) is 0 Å². The zero-order valence-electron chi connectivity index (χ0n) is 9.86. The van der Waals surface area contributed by atoms with Crippen molar-refractivity contribution in [3.05, 3.63) is 35.2 Å². The number of rotatable bonds is 2. The third-order valence-corrected chi connectivity index (χ3v) is 4.63. The highest BCUT2D eigenvalue weighted by molar-refractivity contribution is 7.17. The smallest absolute Gasteiger partial charge is 0.0465 e. The highest BCUT2D eigenvalue weighted by atomic mass is 32.1. The lowest BCUT2D eigenvalue weighted by Gasteiger charge is -2.28. The van der Waals surface area contributed by atoms with E-state index < -0.39 is 0 Å². The number of fused-ring (bicyclic) bond motifs is 1. The summed E-state index contributed by atoms with van der Waals surface area (Å²) < 4.78 is 1.34. The second kappa shape index (κ2) is 4.77. The molecule has 0 saturated carbocycles. The van der Waals surface area contributed by atoms with Crippen molar-refractivity contribution in [3.8, 4) is 0 Å². The largest absolute Gasteiger partial charge is 0.323 e. The van der Waals surface area contributed by atoms with Gasteiger partial charge in [-0.1, -0.05) is 24.6 Å². The summed E-state index contributed by atoms with van der Waals surface area (Å²) in [5.74, 6) is 0. The Kier molecular flexibility index (Phi) is 3.14. The molecule has 2 nitrogen and oxygen atoms in total. The maximum absolute atomic E-state index is 6.42. The molecule has 1 saturated heterocycles. The third-order valence-electron chi connectivity index (χ3n) is 3.65.